The van der Waals surface area contributed by atoms with E-state index in [1.54, 1.807) is 101 Å². The van der Waals surface area contributed by atoms with Gasteiger partial charge in [0.1, 0.15) is 23.8 Å². The van der Waals surface area contributed by atoms with Crippen molar-refractivity contribution in [2.75, 3.05) is 131 Å². The third kappa shape index (κ3) is 24.5. The van der Waals surface area contributed by atoms with Crippen molar-refractivity contribution in [1.82, 2.24) is 59.9 Å². The summed E-state index contributed by atoms with van der Waals surface area (Å²) in [6.07, 6.45) is 2.18. The molecule has 10 atom stereocenters. The highest BCUT2D eigenvalue weighted by molar-refractivity contribution is 7.89. The molecule has 1 fully saturated rings. The van der Waals surface area contributed by atoms with Gasteiger partial charge >= 0.3 is 5.97 Å². The lowest BCUT2D eigenvalue weighted by molar-refractivity contribution is -0.149. The van der Waals surface area contributed by atoms with Crippen molar-refractivity contribution < 1.29 is 85.0 Å². The number of ether oxygens (including phenoxy) is 4. The van der Waals surface area contributed by atoms with Crippen LogP contribution in [0.2, 0.25) is 0 Å². The molecule has 123 heavy (non-hydrogen) atoms. The second-order valence-electron chi connectivity index (χ2n) is 32.7. The lowest BCUT2D eigenvalue weighted by Gasteiger charge is -2.41. The highest BCUT2D eigenvalue weighted by Crippen LogP contribution is 2.49. The molecule has 1 aromatic heterocycles. The molecule has 9 rings (SSSR count). The Kier molecular flexibility index (Phi) is 35.4. The summed E-state index contributed by atoms with van der Waals surface area (Å²) in [5.41, 5.74) is 5.48. The van der Waals surface area contributed by atoms with Crippen LogP contribution in [0, 0.1) is 23.7 Å². The zero-order valence-corrected chi connectivity index (χ0v) is 75.0. The first-order valence-corrected chi connectivity index (χ1v) is 45.8. The highest BCUT2D eigenvalue weighted by atomic mass is 32.2. The molecule has 5 N–H and O–H groups in total. The van der Waals surface area contributed by atoms with Crippen molar-refractivity contribution >= 4 is 98.6 Å². The molecule has 32 nitrogen and oxygen atoms in total. The van der Waals surface area contributed by atoms with Gasteiger partial charge < -0.3 is 69.1 Å². The van der Waals surface area contributed by atoms with Crippen molar-refractivity contribution in [2.45, 2.75) is 167 Å². The second-order valence-corrected chi connectivity index (χ2v) is 37.7. The molecule has 3 aliphatic rings. The Morgan fingerprint density at radius 2 is 1.36 bits per heavy atom. The van der Waals surface area contributed by atoms with Crippen LogP contribution in [0.15, 0.2) is 132 Å². The van der Waals surface area contributed by atoms with Crippen molar-refractivity contribution in [2.24, 2.45) is 23.7 Å². The summed E-state index contributed by atoms with van der Waals surface area (Å²) in [5.74, 6) is -7.10. The fourth-order valence-electron chi connectivity index (χ4n) is 16.6. The van der Waals surface area contributed by atoms with Crippen LogP contribution in [0.4, 0.5) is 11.4 Å². The van der Waals surface area contributed by atoms with Crippen LogP contribution < -0.4 is 30.5 Å². The van der Waals surface area contributed by atoms with E-state index >= 15 is 4.79 Å². The number of para-hydroxylation sites is 1. The van der Waals surface area contributed by atoms with Crippen molar-refractivity contribution in [3.8, 4) is 22.5 Å². The van der Waals surface area contributed by atoms with E-state index in [2.05, 4.69) is 25.9 Å². The van der Waals surface area contributed by atoms with Crippen molar-refractivity contribution in [1.29, 1.82) is 0 Å². The van der Waals surface area contributed by atoms with Crippen LogP contribution in [0.1, 0.15) is 111 Å². The molecule has 5 aromatic carbocycles. The molecule has 668 valence electrons. The van der Waals surface area contributed by atoms with Crippen LogP contribution in [-0.2, 0) is 101 Å². The fraction of sp³-hybridized carbons (Fsp3) is 0.528. The van der Waals surface area contributed by atoms with Crippen LogP contribution in [0.3, 0.4) is 0 Å². The Morgan fingerprint density at radius 3 is 2.02 bits per heavy atom. The van der Waals surface area contributed by atoms with Gasteiger partial charge in [-0.15, -0.1) is 5.10 Å². The van der Waals surface area contributed by atoms with E-state index in [0.717, 1.165) is 32.7 Å². The number of likely N-dealkylation sites (tertiary alicyclic amines) is 1. The Labute approximate surface area is 721 Å². The summed E-state index contributed by atoms with van der Waals surface area (Å²) in [4.78, 5) is 147. The maximum absolute atomic E-state index is 15.1. The Morgan fingerprint density at radius 1 is 0.691 bits per heavy atom. The second kappa shape index (κ2) is 45.0. The number of carbonyl (C=O) groups is 10. The Balaban J connectivity index is 0.777. The van der Waals surface area contributed by atoms with E-state index in [9.17, 15) is 61.2 Å². The molecular formula is C89H123N14O18PS. The number of carboxylic acids is 1. The third-order valence-corrected chi connectivity index (χ3v) is 28.4. The zero-order chi connectivity index (χ0) is 89.6. The number of imide groups is 1. The number of carboxylic acid groups (broad SMARTS) is 1. The van der Waals surface area contributed by atoms with Gasteiger partial charge in [-0.1, -0.05) is 157 Å². The van der Waals surface area contributed by atoms with E-state index < -0.39 is 125 Å². The number of nitrogens with one attached hydrogen (secondary N) is 4. The molecule has 0 aliphatic carbocycles. The van der Waals surface area contributed by atoms with E-state index in [0.29, 0.717) is 60.3 Å². The summed E-state index contributed by atoms with van der Waals surface area (Å²) in [7, 11) is 4.21. The highest BCUT2D eigenvalue weighted by Gasteiger charge is 2.45. The van der Waals surface area contributed by atoms with Gasteiger partial charge in [-0.25, -0.2) is 22.6 Å². The predicted molar refractivity (Wildman–Crippen MR) is 468 cm³/mol. The van der Waals surface area contributed by atoms with Crippen LogP contribution in [0.25, 0.3) is 33.3 Å². The van der Waals surface area contributed by atoms with Gasteiger partial charge in [0.05, 0.1) is 92.4 Å². The summed E-state index contributed by atoms with van der Waals surface area (Å²) in [6.45, 7) is 14.3. The number of anilines is 2. The number of sulfonamides is 1. The minimum absolute atomic E-state index is 0.0304. The molecule has 9 amide bonds. The van der Waals surface area contributed by atoms with Gasteiger partial charge in [0.2, 0.25) is 51.4 Å². The van der Waals surface area contributed by atoms with E-state index in [1.807, 2.05) is 113 Å². The van der Waals surface area contributed by atoms with Gasteiger partial charge in [0.25, 0.3) is 11.8 Å². The Hall–Kier alpha value is -10.1. The number of rotatable bonds is 47. The number of fused-ring (bicyclic) bond motifs is 6. The molecule has 0 saturated carbocycles. The first-order chi connectivity index (χ1) is 58.7. The fourth-order valence-corrected chi connectivity index (χ4v) is 20.2. The quantitative estimate of drug-likeness (QED) is 0.0138. The smallest absolute Gasteiger partial charge is 0.326 e. The first-order valence-electron chi connectivity index (χ1n) is 42.3. The van der Waals surface area contributed by atoms with Gasteiger partial charge in [-0.05, 0) is 73.4 Å². The number of amides is 9. The molecule has 3 aliphatic heterocycles. The number of hydrogen-bond acceptors (Lipinski definition) is 20. The first kappa shape index (κ1) is 96.7. The maximum atomic E-state index is 15.1. The lowest BCUT2D eigenvalue weighted by atomic mass is 9.89. The number of nitrogens with zero attached hydrogens (tertiary/aromatic N) is 10. The molecular weight excluding hydrogens is 1620 g/mol. The van der Waals surface area contributed by atoms with Crippen LogP contribution in [-0.4, -0.2) is 275 Å². The number of benzene rings is 5. The molecule has 34 heteroatoms. The minimum atomic E-state index is -3.98. The van der Waals surface area contributed by atoms with Gasteiger partial charge in [0, 0.05) is 153 Å². The number of methoxy groups -OCH3 is 2. The monoisotopic (exact) mass is 1740 g/mol. The summed E-state index contributed by atoms with van der Waals surface area (Å²) < 4.78 is 72.1. The molecule has 0 radical (unpaired) electrons. The van der Waals surface area contributed by atoms with Gasteiger partial charge in [-0.2, -0.15) is 0 Å². The molecule has 6 aromatic rings. The predicted octanol–water partition coefficient (Wildman–Crippen LogP) is 7.86. The zero-order valence-electron chi connectivity index (χ0n) is 73.2. The van der Waals surface area contributed by atoms with E-state index in [1.165, 1.54) is 44.4 Å². The molecule has 1 saturated heterocycles. The van der Waals surface area contributed by atoms with Crippen molar-refractivity contribution in [3.05, 3.63) is 139 Å². The van der Waals surface area contributed by atoms with E-state index in [-0.39, 0.29) is 133 Å². The lowest BCUT2D eigenvalue weighted by Crippen LogP contribution is -2.60. The standard InChI is InChI=1S/C89H123N14O18PS/c1-15-60(6)83(72(118-13)56-79(109)100-46-25-36-71(100)85(119-14)61(7)86(110)92-68(89(113)114)55-62-27-17-16-18-28-62)99(12)88(112)80(58(2)3)93-87(111)82(59(4)5)98(11)75(105)38-39-78(108)102-57-63-29-19-20-30-64(63)84-81(67-31-21-22-34-70(67)102)94-95-103(84)48-49-120-50-51-121-52-54-122(115,97(10)45-26-47-101-76(106)40-41-77(101)107)53-42-74(104)90-43-44-91-123(116,117)73-37-24-32-65-66(73)33-23-35-69(65)96(8)9/h16-24,27-35,37,40-41,58-61,68,71-72,80,82-83,85,91H,15,25-26,36,38-39,42-57H2,1-14H3,(H,90,104)(H,92,110)(H,93,111)(H,113,114)/t60-,61+,68-,71-,72+,80-,82-,83-,85+,122?/m0/s1. The molecule has 0 spiro atoms. The Bertz CT molecular complexity index is 4880. The average Bonchev–Trinajstić information content (AvgIpc) is 1.76. The normalized spacial score (nSPS) is 16.5. The number of aliphatic carboxylic acids is 1. The number of carbonyl (C=O) groups excluding carboxylic acids is 9. The topological polar surface area (TPSA) is 381 Å². The van der Waals surface area contributed by atoms with Crippen LogP contribution in [0.5, 0.6) is 0 Å². The number of likely N-dealkylation sites (N-methyl/N-ethyl adjacent to an activating group) is 2. The SMILES string of the molecule is CC[C@H](C)[C@@H]([C@@H](CC(=O)N1CCC[C@H]1[C@H](OC)[C@@H](C)C(=O)N[C@@H](Cc1ccccc1)C(=O)O)OC)N(C)C(=O)[C@@H](NC(=O)[C@H](C(C)C)N(C)C(=O)CCC(=O)N1Cc2ccccc2-c2c(nnn2CCOCCOCCP(=O)(CCC(=O)NCCNS(=O)(=O)c2cccc3c(N(C)C)cccc23)N(C)CCCN2C(=O)C=CC2=O)-c2ccccc21)C(C)C. The average molecular weight is 1740 g/mol. The maximum Gasteiger partial charge on any atom is 0.326 e. The summed E-state index contributed by atoms with van der Waals surface area (Å²) in [6, 6.07) is 29.9. The molecule has 1 unspecified atom stereocenters. The van der Waals surface area contributed by atoms with Gasteiger partial charge in [-0.3, -0.25) is 52.7 Å². The largest absolute Gasteiger partial charge is 0.480 e. The van der Waals surface area contributed by atoms with Gasteiger partial charge in [0.15, 0.2) is 7.29 Å². The molecule has 0 bridgehead atoms. The molecule has 4 heterocycles. The minimum Gasteiger partial charge on any atom is -0.480 e. The van der Waals surface area contributed by atoms with E-state index in [4.69, 9.17) is 24.0 Å². The number of aromatic nitrogens is 3. The van der Waals surface area contributed by atoms with Crippen molar-refractivity contribution in [3.63, 3.8) is 0 Å². The summed E-state index contributed by atoms with van der Waals surface area (Å²) >= 11 is 0. The van der Waals surface area contributed by atoms with Crippen LogP contribution >= 0.6 is 7.29 Å². The third-order valence-electron chi connectivity index (χ3n) is 23.6. The number of hydrogen-bond donors (Lipinski definition) is 5. The summed E-state index contributed by atoms with van der Waals surface area (Å²) in [5, 5.41) is 29.1.